The average molecular weight is 164 g/mol. The van der Waals surface area contributed by atoms with Crippen LogP contribution < -0.4 is 0 Å². The highest BCUT2D eigenvalue weighted by Gasteiger charge is 1.96. The van der Waals surface area contributed by atoms with Crippen LogP contribution in [0, 0.1) is 0 Å². The molecule has 3 heteroatoms. The molecule has 0 atom stereocenters. The number of carbonyl (C=O) groups excluding carboxylic acids is 1. The van der Waals surface area contributed by atoms with Crippen LogP contribution in [0.25, 0.3) is 0 Å². The predicted octanol–water partition coefficient (Wildman–Crippen LogP) is 2.02. The minimum absolute atomic E-state index is 0.302. The summed E-state index contributed by atoms with van der Waals surface area (Å²) in [4.78, 5) is 10.6. The van der Waals surface area contributed by atoms with Crippen LogP contribution in [-0.4, -0.2) is 22.9 Å². The zero-order valence-electron chi connectivity index (χ0n) is 5.85. The quantitative estimate of drug-likeness (QED) is 0.592. The van der Waals surface area contributed by atoms with E-state index in [2.05, 4.69) is 6.92 Å². The Balaban J connectivity index is 2.97. The van der Waals surface area contributed by atoms with Gasteiger partial charge in [-0.25, -0.2) is 0 Å². The lowest BCUT2D eigenvalue weighted by Crippen LogP contribution is -1.91. The first-order valence-electron chi connectivity index (χ1n) is 2.95. The van der Waals surface area contributed by atoms with E-state index in [1.54, 1.807) is 0 Å². The van der Waals surface area contributed by atoms with E-state index in [-0.39, 0.29) is 0 Å². The molecule has 0 fully saturated rings. The zero-order chi connectivity index (χ0) is 7.11. The van der Waals surface area contributed by atoms with Crippen molar-refractivity contribution in [2.75, 3.05) is 17.8 Å². The van der Waals surface area contributed by atoms with Crippen LogP contribution in [0.3, 0.4) is 0 Å². The number of hydrogen-bond acceptors (Lipinski definition) is 3. The number of hydrogen-bond donors (Lipinski definition) is 0. The van der Waals surface area contributed by atoms with Crippen LogP contribution in [0.5, 0.6) is 0 Å². The Hall–Kier alpha value is 0.370. The van der Waals surface area contributed by atoms with Crippen molar-refractivity contribution < 1.29 is 4.79 Å². The van der Waals surface area contributed by atoms with E-state index in [4.69, 9.17) is 0 Å². The van der Waals surface area contributed by atoms with E-state index in [9.17, 15) is 4.79 Å². The first-order valence-corrected chi connectivity index (χ1v) is 5.33. The molecule has 0 aliphatic heterocycles. The molecule has 0 N–H and O–H groups in total. The van der Waals surface area contributed by atoms with Gasteiger partial charge in [0.2, 0.25) is 0 Å². The van der Waals surface area contributed by atoms with E-state index in [1.165, 1.54) is 11.8 Å². The largest absolute Gasteiger partial charge is 0.287 e. The maximum Gasteiger partial charge on any atom is 0.189 e. The fourth-order valence-electron chi connectivity index (χ4n) is 0.402. The second kappa shape index (κ2) is 6.49. The summed E-state index contributed by atoms with van der Waals surface area (Å²) < 4.78 is 0. The Bertz CT molecular complexity index is 83.1. The van der Waals surface area contributed by atoms with Crippen LogP contribution in [0.1, 0.15) is 13.3 Å². The minimum Gasteiger partial charge on any atom is -0.287 e. The van der Waals surface area contributed by atoms with Crippen LogP contribution >= 0.6 is 23.5 Å². The Labute approximate surface area is 65.0 Å². The van der Waals surface area contributed by atoms with Crippen LogP contribution in [0.2, 0.25) is 0 Å². The molecule has 0 aliphatic carbocycles. The lowest BCUT2D eigenvalue weighted by atomic mass is 10.5. The molecule has 0 heterocycles. The third kappa shape index (κ3) is 6.25. The molecule has 0 aromatic heterocycles. The first kappa shape index (κ1) is 9.37. The summed E-state index contributed by atoms with van der Waals surface area (Å²) in [7, 11) is 0. The molecular weight excluding hydrogens is 152 g/mol. The van der Waals surface area contributed by atoms with E-state index in [0.717, 1.165) is 17.9 Å². The highest BCUT2D eigenvalue weighted by Crippen LogP contribution is 2.06. The lowest BCUT2D eigenvalue weighted by Gasteiger charge is -1.93. The molecule has 0 radical (unpaired) electrons. The Morgan fingerprint density at radius 2 is 2.22 bits per heavy atom. The second-order valence-electron chi connectivity index (χ2n) is 1.52. The van der Waals surface area contributed by atoms with Crippen molar-refractivity contribution in [1.29, 1.82) is 0 Å². The summed E-state index contributed by atoms with van der Waals surface area (Å²) in [6.07, 6.45) is 2.55. The highest BCUT2D eigenvalue weighted by atomic mass is 32.2. The summed E-state index contributed by atoms with van der Waals surface area (Å²) in [6, 6.07) is 0. The summed E-state index contributed by atoms with van der Waals surface area (Å²) in [5.41, 5.74) is 0. The van der Waals surface area contributed by atoms with Gasteiger partial charge in [0.05, 0.1) is 0 Å². The van der Waals surface area contributed by atoms with E-state index >= 15 is 0 Å². The molecule has 1 nitrogen and oxygen atoms in total. The van der Waals surface area contributed by atoms with Gasteiger partial charge in [-0.1, -0.05) is 18.7 Å². The lowest BCUT2D eigenvalue weighted by molar-refractivity contribution is -0.110. The zero-order valence-corrected chi connectivity index (χ0v) is 7.48. The Morgan fingerprint density at radius 1 is 1.56 bits per heavy atom. The van der Waals surface area contributed by atoms with Gasteiger partial charge in [-0.05, 0) is 12.0 Å². The van der Waals surface area contributed by atoms with Crippen molar-refractivity contribution in [3.63, 3.8) is 0 Å². The molecule has 54 valence electrons. The van der Waals surface area contributed by atoms with Gasteiger partial charge >= 0.3 is 0 Å². The first-order chi connectivity index (χ1) is 4.31. The molecule has 0 aromatic rings. The van der Waals surface area contributed by atoms with Crippen LogP contribution in [-0.2, 0) is 4.79 Å². The Kier molecular flexibility index (Phi) is 6.76. The highest BCUT2D eigenvalue weighted by molar-refractivity contribution is 8.13. The van der Waals surface area contributed by atoms with Gasteiger partial charge < -0.3 is 0 Å². The third-order valence-electron chi connectivity index (χ3n) is 0.882. The fourth-order valence-corrected chi connectivity index (χ4v) is 1.46. The maximum atomic E-state index is 10.6. The van der Waals surface area contributed by atoms with Crippen LogP contribution in [0.15, 0.2) is 0 Å². The van der Waals surface area contributed by atoms with Gasteiger partial charge in [0.15, 0.2) is 5.12 Å². The molecule has 0 unspecified atom stereocenters. The molecule has 0 saturated carbocycles. The molecule has 0 aromatic carbocycles. The maximum absolute atomic E-state index is 10.6. The summed E-state index contributed by atoms with van der Waals surface area (Å²) in [5, 5.41) is 0.302. The number of rotatable bonds is 4. The molecule has 0 rings (SSSR count). The molecular formula is C6H12OS2. The molecule has 0 aliphatic rings. The monoisotopic (exact) mass is 164 g/mol. The van der Waals surface area contributed by atoms with Crippen molar-refractivity contribution in [2.45, 2.75) is 13.3 Å². The normalized spacial score (nSPS) is 9.56. The standard InChI is InChI=1S/C6H12OS2/c1-3-9-5-4-6(7)8-2/h3-5H2,1-2H3. The Morgan fingerprint density at radius 3 is 2.67 bits per heavy atom. The van der Waals surface area contributed by atoms with Crippen molar-refractivity contribution >= 4 is 28.6 Å². The van der Waals surface area contributed by atoms with E-state index < -0.39 is 0 Å². The number of carbonyl (C=O) groups is 1. The minimum atomic E-state index is 0.302. The van der Waals surface area contributed by atoms with Crippen molar-refractivity contribution in [1.82, 2.24) is 0 Å². The summed E-state index contributed by atoms with van der Waals surface area (Å²) in [6.45, 7) is 2.11. The van der Waals surface area contributed by atoms with Gasteiger partial charge in [-0.15, -0.1) is 0 Å². The molecule has 9 heavy (non-hydrogen) atoms. The topological polar surface area (TPSA) is 17.1 Å². The van der Waals surface area contributed by atoms with Gasteiger partial charge in [-0.3, -0.25) is 4.79 Å². The smallest absolute Gasteiger partial charge is 0.189 e. The van der Waals surface area contributed by atoms with E-state index in [0.29, 0.717) is 5.12 Å². The van der Waals surface area contributed by atoms with Gasteiger partial charge in [0.1, 0.15) is 0 Å². The summed E-state index contributed by atoms with van der Waals surface area (Å²) >= 11 is 3.14. The number of thioether (sulfide) groups is 2. The second-order valence-corrected chi connectivity index (χ2v) is 3.78. The fraction of sp³-hybridized carbons (Fsp3) is 0.833. The predicted molar refractivity (Wildman–Crippen MR) is 46.1 cm³/mol. The molecule has 0 saturated heterocycles. The average Bonchev–Trinajstić information content (AvgIpc) is 1.89. The van der Waals surface area contributed by atoms with Crippen molar-refractivity contribution in [3.05, 3.63) is 0 Å². The van der Waals surface area contributed by atoms with Crippen LogP contribution in [0.4, 0.5) is 0 Å². The van der Waals surface area contributed by atoms with Crippen molar-refractivity contribution in [2.24, 2.45) is 0 Å². The van der Waals surface area contributed by atoms with Crippen molar-refractivity contribution in [3.8, 4) is 0 Å². The van der Waals surface area contributed by atoms with Gasteiger partial charge in [0, 0.05) is 12.2 Å². The van der Waals surface area contributed by atoms with Gasteiger partial charge in [0.25, 0.3) is 0 Å². The van der Waals surface area contributed by atoms with Gasteiger partial charge in [-0.2, -0.15) is 11.8 Å². The summed E-state index contributed by atoms with van der Waals surface area (Å²) in [5.74, 6) is 2.10. The molecule has 0 spiro atoms. The van der Waals surface area contributed by atoms with E-state index in [1.807, 2.05) is 18.0 Å². The molecule has 0 amide bonds. The SMILES string of the molecule is CCSCCC(=O)SC. The molecule has 0 bridgehead atoms. The third-order valence-corrected chi connectivity index (χ3v) is 2.44.